The first kappa shape index (κ1) is 14.3. The first-order valence-corrected chi connectivity index (χ1v) is 7.96. The standard InChI is InChI=1S/C17H21N5O/c1-17(2,23)10-22-14-11-6-3-4-7-12(11)19-15(18)13(14)20-16(22)21-8-5-9-21/h3-4,6-7,23H,5,8-10H2,1-2H3,(H2,18,19). The lowest BCUT2D eigenvalue weighted by Crippen LogP contribution is -2.40. The molecule has 4 rings (SSSR count). The molecule has 0 saturated carbocycles. The predicted octanol–water partition coefficient (Wildman–Crippen LogP) is 2.15. The van der Waals surface area contributed by atoms with Crippen LogP contribution in [-0.2, 0) is 6.54 Å². The summed E-state index contributed by atoms with van der Waals surface area (Å²) in [6.07, 6.45) is 1.17. The zero-order chi connectivity index (χ0) is 16.2. The number of para-hydroxylation sites is 1. The number of nitrogens with zero attached hydrogens (tertiary/aromatic N) is 4. The maximum atomic E-state index is 10.4. The van der Waals surface area contributed by atoms with E-state index in [4.69, 9.17) is 10.7 Å². The van der Waals surface area contributed by atoms with Gasteiger partial charge in [0.25, 0.3) is 0 Å². The van der Waals surface area contributed by atoms with E-state index < -0.39 is 5.60 Å². The van der Waals surface area contributed by atoms with Crippen molar-refractivity contribution in [3.63, 3.8) is 0 Å². The van der Waals surface area contributed by atoms with Crippen LogP contribution in [0.5, 0.6) is 0 Å². The number of nitrogens with two attached hydrogens (primary N) is 1. The summed E-state index contributed by atoms with van der Waals surface area (Å²) < 4.78 is 2.09. The molecule has 0 atom stereocenters. The lowest BCUT2D eigenvalue weighted by atomic mass is 10.1. The van der Waals surface area contributed by atoms with E-state index in [1.54, 1.807) is 0 Å². The molecular weight excluding hydrogens is 290 g/mol. The van der Waals surface area contributed by atoms with Crippen LogP contribution in [-0.4, -0.2) is 38.3 Å². The number of hydrogen-bond acceptors (Lipinski definition) is 5. The number of fused-ring (bicyclic) bond motifs is 3. The number of anilines is 2. The van der Waals surface area contributed by atoms with Gasteiger partial charge in [0.15, 0.2) is 5.82 Å². The first-order chi connectivity index (χ1) is 10.9. The monoisotopic (exact) mass is 311 g/mol. The molecule has 6 nitrogen and oxygen atoms in total. The van der Waals surface area contributed by atoms with Crippen LogP contribution in [0.25, 0.3) is 21.9 Å². The van der Waals surface area contributed by atoms with Gasteiger partial charge in [0, 0.05) is 18.5 Å². The highest BCUT2D eigenvalue weighted by atomic mass is 16.3. The minimum Gasteiger partial charge on any atom is -0.389 e. The molecule has 0 spiro atoms. The number of aromatic nitrogens is 3. The number of hydrogen-bond donors (Lipinski definition) is 2. The maximum absolute atomic E-state index is 10.4. The van der Waals surface area contributed by atoms with Gasteiger partial charge in [-0.2, -0.15) is 0 Å². The lowest BCUT2D eigenvalue weighted by molar-refractivity contribution is 0.0629. The van der Waals surface area contributed by atoms with Gasteiger partial charge in [0.05, 0.1) is 23.2 Å². The highest BCUT2D eigenvalue weighted by molar-refractivity contribution is 6.07. The summed E-state index contributed by atoms with van der Waals surface area (Å²) in [5.41, 5.74) is 7.84. The molecule has 3 heterocycles. The van der Waals surface area contributed by atoms with E-state index in [0.29, 0.717) is 12.4 Å². The molecule has 3 aromatic rings. The van der Waals surface area contributed by atoms with E-state index >= 15 is 0 Å². The zero-order valence-corrected chi connectivity index (χ0v) is 13.5. The van der Waals surface area contributed by atoms with Gasteiger partial charge in [-0.15, -0.1) is 0 Å². The predicted molar refractivity (Wildman–Crippen MR) is 92.6 cm³/mol. The van der Waals surface area contributed by atoms with Crippen LogP contribution in [0.2, 0.25) is 0 Å². The Bertz CT molecular complexity index is 889. The van der Waals surface area contributed by atoms with Crippen LogP contribution >= 0.6 is 0 Å². The molecule has 1 aromatic carbocycles. The van der Waals surface area contributed by atoms with Crippen molar-refractivity contribution in [1.82, 2.24) is 14.5 Å². The SMILES string of the molecule is CC(C)(O)Cn1c(N2CCC2)nc2c(N)nc3ccccc3c21. The molecule has 0 radical (unpaired) electrons. The van der Waals surface area contributed by atoms with Crippen LogP contribution in [0.3, 0.4) is 0 Å². The van der Waals surface area contributed by atoms with Gasteiger partial charge in [-0.3, -0.25) is 0 Å². The van der Waals surface area contributed by atoms with Crippen LogP contribution < -0.4 is 10.6 Å². The summed E-state index contributed by atoms with van der Waals surface area (Å²) in [6.45, 7) is 6.06. The van der Waals surface area contributed by atoms with E-state index in [2.05, 4.69) is 14.5 Å². The quantitative estimate of drug-likeness (QED) is 0.774. The minimum atomic E-state index is -0.841. The fourth-order valence-electron chi connectivity index (χ4n) is 3.14. The Morgan fingerprint density at radius 1 is 1.22 bits per heavy atom. The second-order valence-electron chi connectivity index (χ2n) is 6.86. The third-order valence-corrected chi connectivity index (χ3v) is 4.27. The molecule has 120 valence electrons. The van der Waals surface area contributed by atoms with E-state index in [0.717, 1.165) is 41.0 Å². The average molecular weight is 311 g/mol. The molecule has 0 amide bonds. The molecule has 23 heavy (non-hydrogen) atoms. The summed E-state index contributed by atoms with van der Waals surface area (Å²) >= 11 is 0. The van der Waals surface area contributed by atoms with Crippen molar-refractivity contribution in [2.45, 2.75) is 32.4 Å². The summed E-state index contributed by atoms with van der Waals surface area (Å²) in [6, 6.07) is 7.93. The van der Waals surface area contributed by atoms with Crippen molar-refractivity contribution in [3.05, 3.63) is 24.3 Å². The minimum absolute atomic E-state index is 0.440. The van der Waals surface area contributed by atoms with Crippen molar-refractivity contribution in [1.29, 1.82) is 0 Å². The summed E-state index contributed by atoms with van der Waals surface area (Å²) in [4.78, 5) is 11.5. The number of pyridine rings is 1. The Labute approximate surface area is 134 Å². The highest BCUT2D eigenvalue weighted by Gasteiger charge is 2.27. The Balaban J connectivity index is 2.07. The summed E-state index contributed by atoms with van der Waals surface area (Å²) in [5, 5.41) is 11.4. The Hall–Kier alpha value is -2.34. The molecule has 1 fully saturated rings. The molecule has 3 N–H and O–H groups in total. The second kappa shape index (κ2) is 4.83. The Kier molecular flexibility index (Phi) is 2.99. The van der Waals surface area contributed by atoms with Gasteiger partial charge in [0.2, 0.25) is 5.95 Å². The lowest BCUT2D eigenvalue weighted by Gasteiger charge is -2.33. The molecule has 1 saturated heterocycles. The zero-order valence-electron chi connectivity index (χ0n) is 13.5. The highest BCUT2D eigenvalue weighted by Crippen LogP contribution is 2.34. The average Bonchev–Trinajstić information content (AvgIpc) is 2.76. The molecule has 2 aromatic heterocycles. The van der Waals surface area contributed by atoms with Gasteiger partial charge < -0.3 is 20.3 Å². The van der Waals surface area contributed by atoms with Crippen molar-refractivity contribution in [3.8, 4) is 0 Å². The van der Waals surface area contributed by atoms with Crippen LogP contribution in [0.1, 0.15) is 20.3 Å². The number of benzene rings is 1. The summed E-state index contributed by atoms with van der Waals surface area (Å²) in [7, 11) is 0. The van der Waals surface area contributed by atoms with Gasteiger partial charge in [-0.25, -0.2) is 9.97 Å². The van der Waals surface area contributed by atoms with Gasteiger partial charge >= 0.3 is 0 Å². The summed E-state index contributed by atoms with van der Waals surface area (Å²) in [5.74, 6) is 1.31. The molecule has 6 heteroatoms. The number of aliphatic hydroxyl groups is 1. The third kappa shape index (κ3) is 2.30. The van der Waals surface area contributed by atoms with Gasteiger partial charge in [0.1, 0.15) is 5.52 Å². The normalized spacial score (nSPS) is 15.3. The van der Waals surface area contributed by atoms with Crippen LogP contribution in [0.15, 0.2) is 24.3 Å². The van der Waals surface area contributed by atoms with E-state index in [1.165, 1.54) is 6.42 Å². The smallest absolute Gasteiger partial charge is 0.206 e. The fraction of sp³-hybridized carbons (Fsp3) is 0.412. The maximum Gasteiger partial charge on any atom is 0.206 e. The third-order valence-electron chi connectivity index (χ3n) is 4.27. The Morgan fingerprint density at radius 3 is 2.61 bits per heavy atom. The van der Waals surface area contributed by atoms with E-state index in [1.807, 2.05) is 38.1 Å². The number of rotatable bonds is 3. The van der Waals surface area contributed by atoms with Crippen LogP contribution in [0, 0.1) is 0 Å². The molecule has 0 aliphatic carbocycles. The van der Waals surface area contributed by atoms with Crippen molar-refractivity contribution in [2.75, 3.05) is 23.7 Å². The first-order valence-electron chi connectivity index (χ1n) is 7.96. The molecule has 0 unspecified atom stereocenters. The van der Waals surface area contributed by atoms with Crippen molar-refractivity contribution >= 4 is 33.7 Å². The van der Waals surface area contributed by atoms with Crippen LogP contribution in [0.4, 0.5) is 11.8 Å². The van der Waals surface area contributed by atoms with Crippen molar-refractivity contribution < 1.29 is 5.11 Å². The number of imidazole rings is 1. The van der Waals surface area contributed by atoms with Gasteiger partial charge in [-0.1, -0.05) is 18.2 Å². The van der Waals surface area contributed by atoms with Gasteiger partial charge in [-0.05, 0) is 26.3 Å². The topological polar surface area (TPSA) is 80.2 Å². The molecule has 1 aliphatic heterocycles. The Morgan fingerprint density at radius 2 is 1.96 bits per heavy atom. The molecule has 0 bridgehead atoms. The fourth-order valence-corrected chi connectivity index (χ4v) is 3.14. The molecular formula is C17H21N5O. The number of nitrogen functional groups attached to an aromatic ring is 1. The van der Waals surface area contributed by atoms with E-state index in [9.17, 15) is 5.11 Å². The van der Waals surface area contributed by atoms with Crippen molar-refractivity contribution in [2.24, 2.45) is 0 Å². The van der Waals surface area contributed by atoms with E-state index in [-0.39, 0.29) is 0 Å². The largest absolute Gasteiger partial charge is 0.389 e. The second-order valence-corrected chi connectivity index (χ2v) is 6.86. The molecule has 1 aliphatic rings.